The number of aryl methyl sites for hydroxylation is 3. The van der Waals surface area contributed by atoms with E-state index in [0.717, 1.165) is 61.0 Å². The van der Waals surface area contributed by atoms with Crippen LogP contribution in [0.2, 0.25) is 0 Å². The Morgan fingerprint density at radius 2 is 1.62 bits per heavy atom. The number of amides is 1. The second-order valence-corrected chi connectivity index (χ2v) is 9.01. The molecule has 0 radical (unpaired) electrons. The molecule has 1 amide bonds. The van der Waals surface area contributed by atoms with Gasteiger partial charge in [0.1, 0.15) is 0 Å². The summed E-state index contributed by atoms with van der Waals surface area (Å²) in [4.78, 5) is 25.6. The highest BCUT2D eigenvalue weighted by molar-refractivity contribution is 6.22. The van der Waals surface area contributed by atoms with Gasteiger partial charge in [-0.1, -0.05) is 37.0 Å². The molecule has 0 bridgehead atoms. The zero-order valence-electron chi connectivity index (χ0n) is 18.3. The molecular weight excluding hydrogens is 364 g/mol. The molecule has 1 aromatic rings. The van der Waals surface area contributed by atoms with Gasteiger partial charge in [0, 0.05) is 18.7 Å². The SMILES string of the molecule is CON1CCC2(C=C(c3c(C)cc(C)cc3C)C(=O)N2OC2CCCCC2)CC1. The van der Waals surface area contributed by atoms with Gasteiger partial charge in [0.25, 0.3) is 5.91 Å². The third kappa shape index (κ3) is 3.88. The largest absolute Gasteiger partial charge is 0.302 e. The number of carbonyl (C=O) groups excluding carboxylic acids is 1. The summed E-state index contributed by atoms with van der Waals surface area (Å²) in [5, 5.41) is 3.73. The Bertz CT molecular complexity index is 779. The molecule has 2 fully saturated rings. The Kier molecular flexibility index (Phi) is 5.83. The fourth-order valence-corrected chi connectivity index (χ4v) is 5.36. The smallest absolute Gasteiger partial charge is 0.278 e. The van der Waals surface area contributed by atoms with Crippen LogP contribution in [0, 0.1) is 20.8 Å². The number of hydroxylamine groups is 4. The van der Waals surface area contributed by atoms with Gasteiger partial charge in [-0.2, -0.15) is 5.06 Å². The molecule has 1 spiro atoms. The van der Waals surface area contributed by atoms with Crippen molar-refractivity contribution in [2.75, 3.05) is 20.2 Å². The van der Waals surface area contributed by atoms with Crippen LogP contribution in [0.4, 0.5) is 0 Å². The summed E-state index contributed by atoms with van der Waals surface area (Å²) in [6, 6.07) is 4.34. The lowest BCUT2D eigenvalue weighted by Crippen LogP contribution is -2.54. The predicted molar refractivity (Wildman–Crippen MR) is 114 cm³/mol. The number of rotatable bonds is 4. The van der Waals surface area contributed by atoms with Crippen molar-refractivity contribution >= 4 is 11.5 Å². The van der Waals surface area contributed by atoms with E-state index in [4.69, 9.17) is 9.68 Å². The van der Waals surface area contributed by atoms with Crippen molar-refractivity contribution in [1.82, 2.24) is 10.1 Å². The summed E-state index contributed by atoms with van der Waals surface area (Å²) in [6.07, 6.45) is 9.74. The maximum Gasteiger partial charge on any atom is 0.278 e. The van der Waals surface area contributed by atoms with Crippen molar-refractivity contribution in [3.63, 3.8) is 0 Å². The zero-order valence-corrected chi connectivity index (χ0v) is 18.3. The van der Waals surface area contributed by atoms with Gasteiger partial charge in [0.2, 0.25) is 0 Å². The van der Waals surface area contributed by atoms with Crippen LogP contribution in [0.1, 0.15) is 67.2 Å². The fraction of sp³-hybridized carbons (Fsp3) is 0.625. The molecule has 3 aliphatic rings. The molecule has 1 aromatic carbocycles. The van der Waals surface area contributed by atoms with Crippen molar-refractivity contribution in [2.45, 2.75) is 77.4 Å². The quantitative estimate of drug-likeness (QED) is 0.749. The van der Waals surface area contributed by atoms with E-state index >= 15 is 0 Å². The topological polar surface area (TPSA) is 42.0 Å². The minimum absolute atomic E-state index is 0.0245. The van der Waals surface area contributed by atoms with Gasteiger partial charge >= 0.3 is 0 Å². The molecular formula is C24H34N2O3. The van der Waals surface area contributed by atoms with Crippen LogP contribution in [-0.4, -0.2) is 47.9 Å². The van der Waals surface area contributed by atoms with E-state index in [0.29, 0.717) is 0 Å². The Morgan fingerprint density at radius 3 is 2.21 bits per heavy atom. The average molecular weight is 399 g/mol. The van der Waals surface area contributed by atoms with E-state index < -0.39 is 0 Å². The normalized spacial score (nSPS) is 23.1. The van der Waals surface area contributed by atoms with Crippen LogP contribution < -0.4 is 0 Å². The number of hydrogen-bond acceptors (Lipinski definition) is 4. The van der Waals surface area contributed by atoms with Crippen LogP contribution in [0.15, 0.2) is 18.2 Å². The van der Waals surface area contributed by atoms with Gasteiger partial charge in [-0.25, -0.2) is 5.06 Å². The molecule has 158 valence electrons. The third-order valence-electron chi connectivity index (χ3n) is 6.83. The highest BCUT2D eigenvalue weighted by atomic mass is 16.7. The van der Waals surface area contributed by atoms with Crippen LogP contribution >= 0.6 is 0 Å². The first-order valence-electron chi connectivity index (χ1n) is 11.0. The highest BCUT2D eigenvalue weighted by Crippen LogP contribution is 2.43. The lowest BCUT2D eigenvalue weighted by Gasteiger charge is -2.43. The number of benzene rings is 1. The molecule has 5 nitrogen and oxygen atoms in total. The lowest BCUT2D eigenvalue weighted by atomic mass is 9.86. The number of piperidine rings is 1. The van der Waals surface area contributed by atoms with E-state index in [1.165, 1.54) is 24.8 Å². The number of nitrogens with zero attached hydrogens (tertiary/aromatic N) is 2. The van der Waals surface area contributed by atoms with Gasteiger partial charge in [-0.15, -0.1) is 0 Å². The first-order chi connectivity index (χ1) is 13.9. The van der Waals surface area contributed by atoms with E-state index in [-0.39, 0.29) is 17.6 Å². The van der Waals surface area contributed by atoms with Gasteiger partial charge in [-0.3, -0.25) is 9.63 Å². The van der Waals surface area contributed by atoms with E-state index in [9.17, 15) is 4.79 Å². The number of carbonyl (C=O) groups is 1. The third-order valence-corrected chi connectivity index (χ3v) is 6.83. The lowest BCUT2D eigenvalue weighted by molar-refractivity contribution is -0.248. The first-order valence-corrected chi connectivity index (χ1v) is 11.0. The summed E-state index contributed by atoms with van der Waals surface area (Å²) < 4.78 is 0. The Balaban J connectivity index is 1.69. The van der Waals surface area contributed by atoms with Crippen molar-refractivity contribution in [2.24, 2.45) is 0 Å². The van der Waals surface area contributed by atoms with E-state index in [1.807, 2.05) is 5.06 Å². The van der Waals surface area contributed by atoms with Crippen LogP contribution in [-0.2, 0) is 14.5 Å². The van der Waals surface area contributed by atoms with Crippen molar-refractivity contribution in [1.29, 1.82) is 0 Å². The molecule has 0 N–H and O–H groups in total. The zero-order chi connectivity index (χ0) is 20.6. The number of hydrogen-bond donors (Lipinski definition) is 0. The second-order valence-electron chi connectivity index (χ2n) is 9.01. The standard InChI is InChI=1S/C24H34N2O3/c1-17-14-18(2)22(19(3)15-17)21-16-24(10-12-25(28-4)13-11-24)26(23(21)27)29-20-8-6-5-7-9-20/h14-16,20H,5-13H2,1-4H3. The monoisotopic (exact) mass is 398 g/mol. The maximum atomic E-state index is 13.7. The second kappa shape index (κ2) is 8.21. The summed E-state index contributed by atoms with van der Waals surface area (Å²) in [5.74, 6) is 0.0245. The summed E-state index contributed by atoms with van der Waals surface area (Å²) in [6.45, 7) is 7.91. The minimum atomic E-state index is -0.372. The van der Waals surface area contributed by atoms with E-state index in [1.54, 1.807) is 12.2 Å². The minimum Gasteiger partial charge on any atom is -0.302 e. The first kappa shape index (κ1) is 20.6. The molecule has 0 atom stereocenters. The molecule has 1 saturated carbocycles. The molecule has 2 heterocycles. The summed E-state index contributed by atoms with van der Waals surface area (Å²) >= 11 is 0. The predicted octanol–water partition coefficient (Wildman–Crippen LogP) is 4.50. The molecule has 5 heteroatoms. The Morgan fingerprint density at radius 1 is 1.00 bits per heavy atom. The molecule has 1 saturated heterocycles. The van der Waals surface area contributed by atoms with Crippen LogP contribution in [0.5, 0.6) is 0 Å². The molecule has 2 aliphatic heterocycles. The molecule has 0 unspecified atom stereocenters. The summed E-state index contributed by atoms with van der Waals surface area (Å²) in [7, 11) is 1.72. The Labute approximate surface area is 174 Å². The van der Waals surface area contributed by atoms with Gasteiger partial charge in [0.15, 0.2) is 0 Å². The van der Waals surface area contributed by atoms with Crippen molar-refractivity contribution < 1.29 is 14.5 Å². The fourth-order valence-electron chi connectivity index (χ4n) is 5.36. The van der Waals surface area contributed by atoms with Crippen LogP contribution in [0.3, 0.4) is 0 Å². The molecule has 1 aliphatic carbocycles. The maximum absolute atomic E-state index is 13.7. The van der Waals surface area contributed by atoms with Crippen molar-refractivity contribution in [3.05, 3.63) is 40.5 Å². The van der Waals surface area contributed by atoms with Gasteiger partial charge in [0.05, 0.1) is 18.8 Å². The van der Waals surface area contributed by atoms with Gasteiger partial charge in [-0.05, 0) is 69.2 Å². The average Bonchev–Trinajstić information content (AvgIpc) is 2.95. The molecule has 29 heavy (non-hydrogen) atoms. The molecule has 0 aromatic heterocycles. The molecule has 4 rings (SSSR count). The Hall–Kier alpha value is -1.69. The van der Waals surface area contributed by atoms with Gasteiger partial charge < -0.3 is 4.84 Å². The van der Waals surface area contributed by atoms with Crippen molar-refractivity contribution in [3.8, 4) is 0 Å². The summed E-state index contributed by atoms with van der Waals surface area (Å²) in [5.41, 5.74) is 5.05. The van der Waals surface area contributed by atoms with E-state index in [2.05, 4.69) is 39.0 Å². The van der Waals surface area contributed by atoms with Crippen LogP contribution in [0.25, 0.3) is 5.57 Å². The highest BCUT2D eigenvalue weighted by Gasteiger charge is 2.49.